The van der Waals surface area contributed by atoms with Crippen LogP contribution in [0.5, 0.6) is 0 Å². The maximum Gasteiger partial charge on any atom is 0.349 e. The maximum absolute atomic E-state index is 12.0. The van der Waals surface area contributed by atoms with Crippen molar-refractivity contribution in [2.75, 3.05) is 27.2 Å². The number of hydrogen-bond acceptors (Lipinski definition) is 5. The number of ether oxygens (including phenoxy) is 1. The Balaban J connectivity index is 2.70. The van der Waals surface area contributed by atoms with E-state index < -0.39 is 18.5 Å². The summed E-state index contributed by atoms with van der Waals surface area (Å²) in [6, 6.07) is 9.24. The second-order valence-electron chi connectivity index (χ2n) is 5.99. The minimum absolute atomic E-state index is 0.143. The predicted octanol–water partition coefficient (Wildman–Crippen LogP) is 1.46. The zero-order valence-corrected chi connectivity index (χ0v) is 15.4. The summed E-state index contributed by atoms with van der Waals surface area (Å²) < 4.78 is 4.87. The number of nitrogens with one attached hydrogen (secondary N) is 1. The number of esters is 1. The van der Waals surface area contributed by atoms with Gasteiger partial charge in [0.15, 0.2) is 6.61 Å². The number of rotatable bonds is 7. The fourth-order valence-electron chi connectivity index (χ4n) is 1.98. The largest absolute Gasteiger partial charge is 0.451 e. The van der Waals surface area contributed by atoms with Crippen molar-refractivity contribution in [2.45, 2.75) is 19.8 Å². The van der Waals surface area contributed by atoms with E-state index >= 15 is 0 Å². The molecule has 0 atom stereocenters. The molecule has 0 aliphatic rings. The predicted molar refractivity (Wildman–Crippen MR) is 96.8 cm³/mol. The molecule has 0 unspecified atom stereocenters. The molecule has 0 spiro atoms. The van der Waals surface area contributed by atoms with Crippen molar-refractivity contribution in [1.82, 2.24) is 10.2 Å². The Labute approximate surface area is 153 Å². The summed E-state index contributed by atoms with van der Waals surface area (Å²) in [5.41, 5.74) is 1.63. The molecule has 1 N–H and O–H groups in total. The smallest absolute Gasteiger partial charge is 0.349 e. The minimum atomic E-state index is -0.887. The Bertz CT molecular complexity index is 730. The van der Waals surface area contributed by atoms with Crippen LogP contribution in [-0.4, -0.2) is 49.9 Å². The summed E-state index contributed by atoms with van der Waals surface area (Å²) in [5, 5.41) is 11.5. The van der Waals surface area contributed by atoms with Crippen LogP contribution in [0.4, 0.5) is 0 Å². The lowest BCUT2D eigenvalue weighted by Gasteiger charge is -2.15. The first-order valence-electron chi connectivity index (χ1n) is 8.12. The number of carbonyl (C=O) groups is 3. The highest BCUT2D eigenvalue weighted by molar-refractivity contribution is 5.99. The highest BCUT2D eigenvalue weighted by Gasteiger charge is 2.17. The first-order valence-corrected chi connectivity index (χ1v) is 8.12. The first-order chi connectivity index (χ1) is 12.3. The molecule has 0 heterocycles. The molecule has 2 amide bonds. The molecule has 0 aliphatic heterocycles. The lowest BCUT2D eigenvalue weighted by atomic mass is 10.0. The Morgan fingerprint density at radius 3 is 2.38 bits per heavy atom. The van der Waals surface area contributed by atoms with Gasteiger partial charge in [0.25, 0.3) is 5.91 Å². The Morgan fingerprint density at radius 2 is 1.88 bits per heavy atom. The van der Waals surface area contributed by atoms with Gasteiger partial charge in [-0.05, 0) is 23.1 Å². The number of likely N-dealkylation sites (N-methyl/N-ethyl adjacent to an activating group) is 2. The van der Waals surface area contributed by atoms with Crippen molar-refractivity contribution in [3.63, 3.8) is 0 Å². The summed E-state index contributed by atoms with van der Waals surface area (Å²) in [6.07, 6.45) is 1.41. The van der Waals surface area contributed by atoms with Gasteiger partial charge in [-0.15, -0.1) is 0 Å². The molecule has 7 heteroatoms. The van der Waals surface area contributed by atoms with Gasteiger partial charge >= 0.3 is 5.97 Å². The van der Waals surface area contributed by atoms with E-state index in [0.29, 0.717) is 11.5 Å². The molecule has 1 aromatic carbocycles. The maximum atomic E-state index is 12.0. The lowest BCUT2D eigenvalue weighted by Crippen LogP contribution is -2.39. The van der Waals surface area contributed by atoms with Crippen LogP contribution >= 0.6 is 0 Å². The zero-order valence-electron chi connectivity index (χ0n) is 15.4. The molecule has 0 aliphatic carbocycles. The second-order valence-corrected chi connectivity index (χ2v) is 5.99. The molecule has 1 aromatic rings. The van der Waals surface area contributed by atoms with Gasteiger partial charge in [-0.1, -0.05) is 38.1 Å². The summed E-state index contributed by atoms with van der Waals surface area (Å²) in [5.74, 6) is -1.39. The number of nitriles is 1. The number of benzene rings is 1. The van der Waals surface area contributed by atoms with Gasteiger partial charge in [0, 0.05) is 14.1 Å². The van der Waals surface area contributed by atoms with Gasteiger partial charge in [-0.3, -0.25) is 9.59 Å². The van der Waals surface area contributed by atoms with Crippen LogP contribution in [0, 0.1) is 11.3 Å². The summed E-state index contributed by atoms with van der Waals surface area (Å²) in [6.45, 7) is 3.45. The fraction of sp³-hybridized carbons (Fsp3) is 0.368. The molecule has 26 heavy (non-hydrogen) atoms. The van der Waals surface area contributed by atoms with E-state index in [1.54, 1.807) is 6.07 Å². The van der Waals surface area contributed by atoms with E-state index in [1.165, 1.54) is 20.2 Å². The number of nitrogens with zero attached hydrogens (tertiary/aromatic N) is 2. The van der Waals surface area contributed by atoms with Crippen LogP contribution in [0.1, 0.15) is 30.9 Å². The van der Waals surface area contributed by atoms with Crippen molar-refractivity contribution in [1.29, 1.82) is 5.26 Å². The van der Waals surface area contributed by atoms with E-state index in [4.69, 9.17) is 10.00 Å². The normalized spacial score (nSPS) is 10.8. The number of carbonyl (C=O) groups excluding carboxylic acids is 3. The average molecular weight is 357 g/mol. The molecule has 1 rings (SSSR count). The second kappa shape index (κ2) is 9.99. The third-order valence-electron chi connectivity index (χ3n) is 3.67. The van der Waals surface area contributed by atoms with E-state index in [2.05, 4.69) is 19.2 Å². The Kier molecular flexibility index (Phi) is 8.03. The van der Waals surface area contributed by atoms with Gasteiger partial charge < -0.3 is 15.0 Å². The van der Waals surface area contributed by atoms with E-state index in [-0.39, 0.29) is 18.0 Å². The van der Waals surface area contributed by atoms with Crippen LogP contribution in [0.15, 0.2) is 29.8 Å². The highest BCUT2D eigenvalue weighted by atomic mass is 16.5. The van der Waals surface area contributed by atoms with Crippen LogP contribution in [0.3, 0.4) is 0 Å². The standard InChI is InChI=1S/C19H23N3O4/c1-13(2)15-7-5-14(6-8-15)9-16(10-20)19(25)26-12-18(24)22(4)11-17(23)21-3/h5-9,13H,11-12H2,1-4H3,(H,21,23)/b16-9+. The van der Waals surface area contributed by atoms with Crippen LogP contribution in [0.25, 0.3) is 6.08 Å². The number of amides is 2. The molecule has 0 bridgehead atoms. The van der Waals surface area contributed by atoms with Crippen LogP contribution in [0.2, 0.25) is 0 Å². The van der Waals surface area contributed by atoms with Crippen LogP contribution in [-0.2, 0) is 19.1 Å². The third-order valence-corrected chi connectivity index (χ3v) is 3.67. The lowest BCUT2D eigenvalue weighted by molar-refractivity contribution is -0.148. The monoisotopic (exact) mass is 357 g/mol. The molecule has 138 valence electrons. The molecule has 0 saturated carbocycles. The topological polar surface area (TPSA) is 99.5 Å². The van der Waals surface area contributed by atoms with Crippen molar-refractivity contribution in [3.05, 3.63) is 41.0 Å². The molecule has 0 radical (unpaired) electrons. The van der Waals surface area contributed by atoms with Crippen molar-refractivity contribution in [2.24, 2.45) is 0 Å². The van der Waals surface area contributed by atoms with Crippen molar-refractivity contribution in [3.8, 4) is 6.07 Å². The average Bonchev–Trinajstić information content (AvgIpc) is 2.63. The van der Waals surface area contributed by atoms with Gasteiger partial charge in [-0.2, -0.15) is 5.26 Å². The zero-order chi connectivity index (χ0) is 19.7. The van der Waals surface area contributed by atoms with E-state index in [1.807, 2.05) is 24.3 Å². The summed E-state index contributed by atoms with van der Waals surface area (Å²) in [4.78, 5) is 36.2. The first kappa shape index (κ1) is 20.9. The molecular formula is C19H23N3O4. The minimum Gasteiger partial charge on any atom is -0.451 e. The molecule has 0 aromatic heterocycles. The molecule has 0 saturated heterocycles. The third kappa shape index (κ3) is 6.40. The SMILES string of the molecule is CNC(=O)CN(C)C(=O)COC(=O)/C(C#N)=C/c1ccc(C(C)C)cc1. The highest BCUT2D eigenvalue weighted by Crippen LogP contribution is 2.16. The summed E-state index contributed by atoms with van der Waals surface area (Å²) >= 11 is 0. The van der Waals surface area contributed by atoms with Gasteiger partial charge in [0.05, 0.1) is 6.54 Å². The van der Waals surface area contributed by atoms with Gasteiger partial charge in [0.1, 0.15) is 11.6 Å². The quantitative estimate of drug-likeness (QED) is 0.452. The Hall–Kier alpha value is -3.14. The van der Waals surface area contributed by atoms with Crippen molar-refractivity contribution < 1.29 is 19.1 Å². The molecule has 7 nitrogen and oxygen atoms in total. The summed E-state index contributed by atoms with van der Waals surface area (Å²) in [7, 11) is 2.88. The van der Waals surface area contributed by atoms with Gasteiger partial charge in [-0.25, -0.2) is 4.79 Å². The van der Waals surface area contributed by atoms with E-state index in [0.717, 1.165) is 10.5 Å². The van der Waals surface area contributed by atoms with Crippen molar-refractivity contribution >= 4 is 23.9 Å². The Morgan fingerprint density at radius 1 is 1.27 bits per heavy atom. The number of hydrogen-bond donors (Lipinski definition) is 1. The fourth-order valence-corrected chi connectivity index (χ4v) is 1.98. The van der Waals surface area contributed by atoms with Gasteiger partial charge in [0.2, 0.25) is 5.91 Å². The molecular weight excluding hydrogens is 334 g/mol. The van der Waals surface area contributed by atoms with Crippen LogP contribution < -0.4 is 5.32 Å². The molecule has 0 fully saturated rings. The van der Waals surface area contributed by atoms with E-state index in [9.17, 15) is 14.4 Å².